The van der Waals surface area contributed by atoms with E-state index in [1.165, 1.54) is 17.4 Å². The Labute approximate surface area is 199 Å². The maximum atomic E-state index is 12.2. The van der Waals surface area contributed by atoms with E-state index in [0.717, 1.165) is 17.1 Å². The van der Waals surface area contributed by atoms with Gasteiger partial charge in [-0.3, -0.25) is 18.7 Å². The van der Waals surface area contributed by atoms with Crippen LogP contribution in [0.2, 0.25) is 4.34 Å². The van der Waals surface area contributed by atoms with Gasteiger partial charge in [0.25, 0.3) is 15.7 Å². The van der Waals surface area contributed by atoms with Gasteiger partial charge in [0.2, 0.25) is 0 Å². The Hall–Kier alpha value is -3.05. The molecule has 0 aliphatic heterocycles. The maximum absolute atomic E-state index is 12.2. The number of carbonyl (C=O) groups excluding carboxylic acids is 1. The van der Waals surface area contributed by atoms with Crippen LogP contribution in [0.4, 0.5) is 0 Å². The van der Waals surface area contributed by atoms with Crippen molar-refractivity contribution in [2.45, 2.75) is 12.8 Å². The van der Waals surface area contributed by atoms with Crippen molar-refractivity contribution >= 4 is 38.8 Å². The van der Waals surface area contributed by atoms with Gasteiger partial charge < -0.3 is 4.57 Å². The third kappa shape index (κ3) is 7.50. The van der Waals surface area contributed by atoms with Gasteiger partial charge in [0.1, 0.15) is 0 Å². The molecule has 0 saturated carbocycles. The zero-order valence-corrected chi connectivity index (χ0v) is 19.8. The minimum absolute atomic E-state index is 0.0723. The van der Waals surface area contributed by atoms with Crippen molar-refractivity contribution in [1.82, 2.24) is 14.1 Å². The molecule has 3 aromatic heterocycles. The molecule has 0 aliphatic carbocycles. The average Bonchev–Trinajstić information content (AvgIpc) is 3.41. The second-order valence-corrected chi connectivity index (χ2v) is 10.1. The SMILES string of the molecule is CS(=O)(=O)O.O=C(CCc1cn(-c2ccc(-n3ccccc3=O)cc2)cn1)c1ccc(Cl)s1. The van der Waals surface area contributed by atoms with Gasteiger partial charge in [0, 0.05) is 36.3 Å². The number of carbonyl (C=O) groups is 1. The lowest BCUT2D eigenvalue weighted by molar-refractivity contribution is 0.0986. The summed E-state index contributed by atoms with van der Waals surface area (Å²) in [5, 5.41) is 0. The first-order chi connectivity index (χ1) is 15.6. The van der Waals surface area contributed by atoms with E-state index in [2.05, 4.69) is 4.98 Å². The van der Waals surface area contributed by atoms with E-state index < -0.39 is 10.1 Å². The van der Waals surface area contributed by atoms with Crippen molar-refractivity contribution in [2.75, 3.05) is 6.26 Å². The summed E-state index contributed by atoms with van der Waals surface area (Å²) in [5.41, 5.74) is 2.51. The van der Waals surface area contributed by atoms with Crippen LogP contribution in [0.5, 0.6) is 0 Å². The van der Waals surface area contributed by atoms with Crippen LogP contribution >= 0.6 is 22.9 Å². The Morgan fingerprint density at radius 3 is 2.36 bits per heavy atom. The van der Waals surface area contributed by atoms with Crippen LogP contribution in [0.25, 0.3) is 11.4 Å². The molecule has 172 valence electrons. The second-order valence-electron chi connectivity index (χ2n) is 6.96. The molecule has 1 aromatic carbocycles. The average molecular weight is 506 g/mol. The number of rotatable bonds is 6. The number of imidazole rings is 1. The molecule has 0 spiro atoms. The maximum Gasteiger partial charge on any atom is 0.261 e. The zero-order valence-electron chi connectivity index (χ0n) is 17.5. The van der Waals surface area contributed by atoms with Gasteiger partial charge in [0.15, 0.2) is 5.78 Å². The molecule has 0 atom stereocenters. The first-order valence-electron chi connectivity index (χ1n) is 9.62. The summed E-state index contributed by atoms with van der Waals surface area (Å²) in [7, 11) is -3.67. The summed E-state index contributed by atoms with van der Waals surface area (Å²) >= 11 is 7.18. The van der Waals surface area contributed by atoms with Gasteiger partial charge in [-0.05, 0) is 48.9 Å². The standard InChI is InChI=1S/C21H16ClN3O2S.CH4O3S/c22-20-11-10-19(28-20)18(26)9-4-15-13-24(14-23-15)16-5-7-17(8-6-16)25-12-2-1-3-21(25)27;1-5(2,3)4/h1-3,5-8,10-14H,4,9H2;1H3,(H,2,3,4). The molecule has 0 saturated heterocycles. The van der Waals surface area contributed by atoms with Crippen LogP contribution in [-0.2, 0) is 16.5 Å². The first-order valence-corrected chi connectivity index (χ1v) is 12.7. The van der Waals surface area contributed by atoms with Gasteiger partial charge in [-0.1, -0.05) is 17.7 Å². The van der Waals surface area contributed by atoms with Crippen LogP contribution in [0, 0.1) is 0 Å². The minimum Gasteiger partial charge on any atom is -0.306 e. The van der Waals surface area contributed by atoms with E-state index in [4.69, 9.17) is 16.2 Å². The Bertz CT molecular complexity index is 1400. The van der Waals surface area contributed by atoms with E-state index in [-0.39, 0.29) is 11.3 Å². The zero-order chi connectivity index (χ0) is 24.0. The van der Waals surface area contributed by atoms with Gasteiger partial charge in [-0.25, -0.2) is 4.98 Å². The number of Topliss-reactive ketones (excluding diaryl/α,β-unsaturated/α-hetero) is 1. The highest BCUT2D eigenvalue weighted by atomic mass is 35.5. The monoisotopic (exact) mass is 505 g/mol. The summed E-state index contributed by atoms with van der Waals surface area (Å²) in [4.78, 5) is 29.2. The summed E-state index contributed by atoms with van der Waals surface area (Å²) in [6, 6.07) is 16.2. The van der Waals surface area contributed by atoms with Crippen LogP contribution in [-0.4, -0.2) is 39.1 Å². The summed E-state index contributed by atoms with van der Waals surface area (Å²) in [6.45, 7) is 0. The van der Waals surface area contributed by atoms with Crippen molar-refractivity contribution < 1.29 is 17.8 Å². The molecule has 0 bridgehead atoms. The lowest BCUT2D eigenvalue weighted by Gasteiger charge is -2.07. The smallest absolute Gasteiger partial charge is 0.261 e. The Morgan fingerprint density at radius 2 is 1.76 bits per heavy atom. The molecule has 4 aromatic rings. The largest absolute Gasteiger partial charge is 0.306 e. The Balaban J connectivity index is 0.000000555. The molecule has 1 N–H and O–H groups in total. The number of hydrogen-bond donors (Lipinski definition) is 1. The highest BCUT2D eigenvalue weighted by molar-refractivity contribution is 7.85. The van der Waals surface area contributed by atoms with Crippen LogP contribution in [0.3, 0.4) is 0 Å². The minimum atomic E-state index is -3.67. The van der Waals surface area contributed by atoms with Gasteiger partial charge in [-0.2, -0.15) is 8.42 Å². The molecule has 0 amide bonds. The summed E-state index contributed by atoms with van der Waals surface area (Å²) in [6.07, 6.45) is 7.06. The third-order valence-electron chi connectivity index (χ3n) is 4.34. The summed E-state index contributed by atoms with van der Waals surface area (Å²) in [5.74, 6) is 0.0732. The lowest BCUT2D eigenvalue weighted by Crippen LogP contribution is -2.15. The second kappa shape index (κ2) is 10.7. The molecule has 3 heterocycles. The van der Waals surface area contributed by atoms with E-state index in [0.29, 0.717) is 28.3 Å². The molecule has 33 heavy (non-hydrogen) atoms. The van der Waals surface area contributed by atoms with E-state index in [9.17, 15) is 18.0 Å². The number of pyridine rings is 1. The Morgan fingerprint density at radius 1 is 1.09 bits per heavy atom. The Kier molecular flexibility index (Phi) is 7.98. The fourth-order valence-electron chi connectivity index (χ4n) is 2.89. The quantitative estimate of drug-likeness (QED) is 0.312. The molecule has 11 heteroatoms. The van der Waals surface area contributed by atoms with Crippen molar-refractivity contribution in [3.05, 3.63) is 98.6 Å². The third-order valence-corrected chi connectivity index (χ3v) is 5.61. The first kappa shape index (κ1) is 24.6. The van der Waals surface area contributed by atoms with Crippen molar-refractivity contribution in [3.8, 4) is 11.4 Å². The number of nitrogens with zero attached hydrogens (tertiary/aromatic N) is 3. The fraction of sp³-hybridized carbons (Fsp3) is 0.136. The molecular formula is C22H20ClN3O5S2. The topological polar surface area (TPSA) is 111 Å². The number of halogens is 1. The van der Waals surface area contributed by atoms with E-state index in [1.807, 2.05) is 41.1 Å². The number of aryl methyl sites for hydroxylation is 1. The molecule has 0 aliphatic rings. The highest BCUT2D eigenvalue weighted by Gasteiger charge is 2.10. The molecule has 4 rings (SSSR count). The van der Waals surface area contributed by atoms with Crippen LogP contribution in [0.1, 0.15) is 21.8 Å². The van der Waals surface area contributed by atoms with Crippen molar-refractivity contribution in [2.24, 2.45) is 0 Å². The van der Waals surface area contributed by atoms with E-state index >= 15 is 0 Å². The fourth-order valence-corrected chi connectivity index (χ4v) is 3.90. The number of ketones is 1. The van der Waals surface area contributed by atoms with Crippen molar-refractivity contribution in [3.63, 3.8) is 0 Å². The van der Waals surface area contributed by atoms with Crippen LogP contribution in [0.15, 0.2) is 78.1 Å². The van der Waals surface area contributed by atoms with Crippen LogP contribution < -0.4 is 5.56 Å². The summed E-state index contributed by atoms with van der Waals surface area (Å²) < 4.78 is 30.0. The molecule has 0 unspecified atom stereocenters. The van der Waals surface area contributed by atoms with Crippen molar-refractivity contribution in [1.29, 1.82) is 0 Å². The lowest BCUT2D eigenvalue weighted by atomic mass is 10.1. The molecule has 0 fully saturated rings. The normalized spacial score (nSPS) is 11.0. The number of hydrogen-bond acceptors (Lipinski definition) is 6. The predicted octanol–water partition coefficient (Wildman–Crippen LogP) is 4.06. The van der Waals surface area contributed by atoms with E-state index in [1.54, 1.807) is 35.3 Å². The van der Waals surface area contributed by atoms with Gasteiger partial charge >= 0.3 is 0 Å². The number of aromatic nitrogens is 3. The predicted molar refractivity (Wildman–Crippen MR) is 129 cm³/mol. The number of thiophene rings is 1. The molecule has 0 radical (unpaired) electrons. The van der Waals surface area contributed by atoms with Gasteiger partial charge in [-0.15, -0.1) is 11.3 Å². The highest BCUT2D eigenvalue weighted by Crippen LogP contribution is 2.23. The molecule has 8 nitrogen and oxygen atoms in total. The molecular weight excluding hydrogens is 486 g/mol. The number of benzene rings is 1. The van der Waals surface area contributed by atoms with Gasteiger partial charge in [0.05, 0.1) is 27.5 Å².